The SMILES string of the molecule is CC1(C)OC(=O)C(=CNc2ccc(NC(=O)c3cccnc3)cc2)C(=O)O1. The summed E-state index contributed by atoms with van der Waals surface area (Å²) in [5.41, 5.74) is 1.40. The Kier molecular flexibility index (Phi) is 4.89. The molecule has 0 atom stereocenters. The Morgan fingerprint density at radius 2 is 1.67 bits per heavy atom. The van der Waals surface area contributed by atoms with Gasteiger partial charge in [0.15, 0.2) is 5.57 Å². The first-order chi connectivity index (χ1) is 12.8. The van der Waals surface area contributed by atoms with Crippen molar-refractivity contribution in [2.45, 2.75) is 19.6 Å². The van der Waals surface area contributed by atoms with Gasteiger partial charge in [-0.05, 0) is 36.4 Å². The van der Waals surface area contributed by atoms with E-state index in [1.165, 1.54) is 26.2 Å². The number of anilines is 2. The summed E-state index contributed by atoms with van der Waals surface area (Å²) < 4.78 is 10.0. The summed E-state index contributed by atoms with van der Waals surface area (Å²) >= 11 is 0. The van der Waals surface area contributed by atoms with Crippen LogP contribution in [0.4, 0.5) is 11.4 Å². The van der Waals surface area contributed by atoms with Gasteiger partial charge in [-0.25, -0.2) is 9.59 Å². The molecule has 8 heteroatoms. The van der Waals surface area contributed by atoms with Gasteiger partial charge in [0.25, 0.3) is 11.7 Å². The Morgan fingerprint density at radius 1 is 1.04 bits per heavy atom. The molecule has 8 nitrogen and oxygen atoms in total. The number of cyclic esters (lactones) is 2. The summed E-state index contributed by atoms with van der Waals surface area (Å²) in [5, 5.41) is 5.57. The van der Waals surface area contributed by atoms with Gasteiger partial charge in [0.05, 0.1) is 5.56 Å². The lowest BCUT2D eigenvalue weighted by Gasteiger charge is -2.29. The minimum atomic E-state index is -1.28. The Morgan fingerprint density at radius 3 is 2.26 bits per heavy atom. The van der Waals surface area contributed by atoms with Gasteiger partial charge in [-0.15, -0.1) is 0 Å². The van der Waals surface area contributed by atoms with Crippen molar-refractivity contribution < 1.29 is 23.9 Å². The number of rotatable bonds is 4. The van der Waals surface area contributed by atoms with Crippen molar-refractivity contribution in [2.75, 3.05) is 10.6 Å². The highest BCUT2D eigenvalue weighted by Crippen LogP contribution is 2.23. The Balaban J connectivity index is 1.63. The van der Waals surface area contributed by atoms with Gasteiger partial charge in [0, 0.05) is 43.8 Å². The van der Waals surface area contributed by atoms with Crippen LogP contribution in [0.2, 0.25) is 0 Å². The van der Waals surface area contributed by atoms with Crippen molar-refractivity contribution in [3.05, 3.63) is 66.1 Å². The van der Waals surface area contributed by atoms with Crippen LogP contribution in [0.15, 0.2) is 60.6 Å². The Hall–Kier alpha value is -3.68. The third kappa shape index (κ3) is 4.49. The maximum atomic E-state index is 12.1. The van der Waals surface area contributed by atoms with E-state index in [0.717, 1.165) is 0 Å². The maximum Gasteiger partial charge on any atom is 0.350 e. The number of benzene rings is 1. The second kappa shape index (κ2) is 7.28. The molecule has 0 saturated carbocycles. The zero-order valence-corrected chi connectivity index (χ0v) is 14.7. The monoisotopic (exact) mass is 367 g/mol. The fraction of sp³-hybridized carbons (Fsp3) is 0.158. The number of nitrogens with one attached hydrogen (secondary N) is 2. The van der Waals surface area contributed by atoms with E-state index in [1.807, 2.05) is 0 Å². The van der Waals surface area contributed by atoms with Crippen molar-refractivity contribution >= 4 is 29.2 Å². The van der Waals surface area contributed by atoms with Crippen LogP contribution >= 0.6 is 0 Å². The van der Waals surface area contributed by atoms with E-state index in [2.05, 4.69) is 15.6 Å². The van der Waals surface area contributed by atoms with Gasteiger partial charge in [-0.2, -0.15) is 0 Å². The molecule has 138 valence electrons. The number of pyridine rings is 1. The largest absolute Gasteiger partial charge is 0.419 e. The molecular formula is C19H17N3O5. The molecule has 0 unspecified atom stereocenters. The topological polar surface area (TPSA) is 107 Å². The number of ether oxygens (including phenoxy) is 2. The van der Waals surface area contributed by atoms with E-state index in [0.29, 0.717) is 16.9 Å². The van der Waals surface area contributed by atoms with E-state index in [1.54, 1.807) is 42.6 Å². The maximum absolute atomic E-state index is 12.1. The standard InChI is InChI=1S/C19H17N3O5/c1-19(2)26-17(24)15(18(25)27-19)11-21-13-5-7-14(8-6-13)22-16(23)12-4-3-9-20-10-12/h3-11,21H,1-2H3,(H,22,23). The molecular weight excluding hydrogens is 350 g/mol. The lowest BCUT2D eigenvalue weighted by molar-refractivity contribution is -0.222. The molecule has 27 heavy (non-hydrogen) atoms. The summed E-state index contributed by atoms with van der Waals surface area (Å²) in [6.45, 7) is 2.96. The highest BCUT2D eigenvalue weighted by Gasteiger charge is 2.38. The number of hydrogen-bond donors (Lipinski definition) is 2. The molecule has 1 aliphatic rings. The third-order valence-electron chi connectivity index (χ3n) is 3.57. The van der Waals surface area contributed by atoms with E-state index >= 15 is 0 Å². The minimum absolute atomic E-state index is 0.233. The third-order valence-corrected chi connectivity index (χ3v) is 3.57. The van der Waals surface area contributed by atoms with Gasteiger partial charge in [0.2, 0.25) is 0 Å². The van der Waals surface area contributed by atoms with Crippen molar-refractivity contribution in [1.82, 2.24) is 4.98 Å². The molecule has 1 aliphatic heterocycles. The van der Waals surface area contributed by atoms with E-state index in [9.17, 15) is 14.4 Å². The number of amides is 1. The first kappa shape index (κ1) is 18.1. The molecule has 0 spiro atoms. The average Bonchev–Trinajstić information content (AvgIpc) is 2.62. The molecule has 0 bridgehead atoms. The predicted octanol–water partition coefficient (Wildman–Crippen LogP) is 2.47. The van der Waals surface area contributed by atoms with E-state index < -0.39 is 17.7 Å². The van der Waals surface area contributed by atoms with Gasteiger partial charge in [0.1, 0.15) is 0 Å². The van der Waals surface area contributed by atoms with Gasteiger partial charge < -0.3 is 20.1 Å². The van der Waals surface area contributed by atoms with Crippen LogP contribution < -0.4 is 10.6 Å². The van der Waals surface area contributed by atoms with Crippen LogP contribution in [0.25, 0.3) is 0 Å². The minimum Gasteiger partial charge on any atom is -0.419 e. The molecule has 1 aromatic heterocycles. The molecule has 0 radical (unpaired) electrons. The lowest BCUT2D eigenvalue weighted by Crippen LogP contribution is -2.42. The number of carbonyl (C=O) groups excluding carboxylic acids is 3. The summed E-state index contributed by atoms with van der Waals surface area (Å²) in [7, 11) is 0. The molecule has 1 amide bonds. The summed E-state index contributed by atoms with van der Waals surface area (Å²) in [4.78, 5) is 39.7. The quantitative estimate of drug-likeness (QED) is 0.486. The highest BCUT2D eigenvalue weighted by molar-refractivity contribution is 6.15. The fourth-order valence-electron chi connectivity index (χ4n) is 2.28. The summed E-state index contributed by atoms with van der Waals surface area (Å²) in [6, 6.07) is 10.1. The van der Waals surface area contributed by atoms with Crippen LogP contribution in [0, 0.1) is 0 Å². The molecule has 3 rings (SSSR count). The van der Waals surface area contributed by atoms with Gasteiger partial charge in [-0.3, -0.25) is 9.78 Å². The number of esters is 2. The van der Waals surface area contributed by atoms with Crippen LogP contribution in [0.1, 0.15) is 24.2 Å². The molecule has 2 N–H and O–H groups in total. The Bertz CT molecular complexity index is 883. The summed E-state index contributed by atoms with van der Waals surface area (Å²) in [5.74, 6) is -3.07. The normalized spacial score (nSPS) is 15.4. The fourth-order valence-corrected chi connectivity index (χ4v) is 2.28. The highest BCUT2D eigenvalue weighted by atomic mass is 16.7. The second-order valence-corrected chi connectivity index (χ2v) is 6.15. The van der Waals surface area contributed by atoms with Crippen LogP contribution in [-0.2, 0) is 19.1 Å². The van der Waals surface area contributed by atoms with Crippen molar-refractivity contribution in [2.24, 2.45) is 0 Å². The van der Waals surface area contributed by atoms with Crippen molar-refractivity contribution in [3.8, 4) is 0 Å². The zero-order chi connectivity index (χ0) is 19.4. The van der Waals surface area contributed by atoms with Crippen molar-refractivity contribution in [3.63, 3.8) is 0 Å². The zero-order valence-electron chi connectivity index (χ0n) is 14.7. The van der Waals surface area contributed by atoms with E-state index in [4.69, 9.17) is 9.47 Å². The van der Waals surface area contributed by atoms with Crippen molar-refractivity contribution in [1.29, 1.82) is 0 Å². The molecule has 1 aromatic carbocycles. The van der Waals surface area contributed by atoms with Crippen LogP contribution in [-0.4, -0.2) is 28.6 Å². The van der Waals surface area contributed by atoms with Gasteiger partial charge in [-0.1, -0.05) is 0 Å². The summed E-state index contributed by atoms with van der Waals surface area (Å²) in [6.07, 6.45) is 4.29. The molecule has 1 fully saturated rings. The van der Waals surface area contributed by atoms with E-state index in [-0.39, 0.29) is 11.5 Å². The number of nitrogens with zero attached hydrogens (tertiary/aromatic N) is 1. The van der Waals surface area contributed by atoms with Gasteiger partial charge >= 0.3 is 11.9 Å². The molecule has 2 heterocycles. The van der Waals surface area contributed by atoms with Crippen LogP contribution in [0.5, 0.6) is 0 Å². The average molecular weight is 367 g/mol. The smallest absolute Gasteiger partial charge is 0.350 e. The molecule has 2 aromatic rings. The number of carbonyl (C=O) groups is 3. The molecule has 1 saturated heterocycles. The molecule has 0 aliphatic carbocycles. The second-order valence-electron chi connectivity index (χ2n) is 6.15. The first-order valence-corrected chi connectivity index (χ1v) is 8.09. The van der Waals surface area contributed by atoms with Crippen LogP contribution in [0.3, 0.4) is 0 Å². The predicted molar refractivity (Wildman–Crippen MR) is 96.6 cm³/mol. The number of hydrogen-bond acceptors (Lipinski definition) is 7. The number of aromatic nitrogens is 1. The Labute approximate surface area is 155 Å². The lowest BCUT2D eigenvalue weighted by atomic mass is 10.2. The first-order valence-electron chi connectivity index (χ1n) is 8.09.